The molecule has 3 nitrogen and oxygen atoms in total. The molecular formula is C17H12BrClFN3. The lowest BCUT2D eigenvalue weighted by Gasteiger charge is -2.31. The fourth-order valence-corrected chi connectivity index (χ4v) is 3.82. The normalized spacial score (nSPS) is 14.1. The molecule has 2 heterocycles. The number of hydrogen-bond donors (Lipinski definition) is 0. The number of nitrogens with zero attached hydrogens (tertiary/aromatic N) is 3. The second kappa shape index (κ2) is 5.73. The van der Waals surface area contributed by atoms with Gasteiger partial charge in [0.05, 0.1) is 10.9 Å². The number of hydrogen-bond acceptors (Lipinski definition) is 3. The molecule has 1 aliphatic heterocycles. The summed E-state index contributed by atoms with van der Waals surface area (Å²) >= 11 is 9.67. The minimum Gasteiger partial charge on any atom is -0.325 e. The summed E-state index contributed by atoms with van der Waals surface area (Å²) in [6, 6.07) is 10.8. The highest BCUT2D eigenvalue weighted by molar-refractivity contribution is 9.10. The maximum Gasteiger partial charge on any atom is 0.224 e. The molecule has 0 unspecified atom stereocenters. The molecule has 3 aromatic rings. The fraction of sp³-hybridized carbons (Fsp3) is 0.176. The highest BCUT2D eigenvalue weighted by atomic mass is 79.9. The van der Waals surface area contributed by atoms with E-state index in [4.69, 9.17) is 11.6 Å². The third-order valence-corrected chi connectivity index (χ3v) is 4.99. The Balaban J connectivity index is 2.00. The van der Waals surface area contributed by atoms with Crippen molar-refractivity contribution < 1.29 is 4.39 Å². The molecule has 6 heteroatoms. The summed E-state index contributed by atoms with van der Waals surface area (Å²) in [5.41, 5.74) is 2.75. The van der Waals surface area contributed by atoms with Gasteiger partial charge in [-0.2, -0.15) is 4.98 Å². The van der Waals surface area contributed by atoms with Crippen molar-refractivity contribution in [3.05, 3.63) is 57.5 Å². The maximum absolute atomic E-state index is 14.4. The summed E-state index contributed by atoms with van der Waals surface area (Å²) in [6.45, 7) is 0.764. The van der Waals surface area contributed by atoms with Gasteiger partial charge in [0, 0.05) is 16.7 Å². The standard InChI is InChI=1S/C17H12BrClFN3/c18-11-5-1-8-14-10(11)4-3-9-23(14)16-15-12(20)6-2-7-13(15)21-17(19)22-16/h1-2,5-8H,3-4,9H2. The van der Waals surface area contributed by atoms with Crippen molar-refractivity contribution >= 4 is 49.9 Å². The number of anilines is 2. The Bertz CT molecular complexity index is 916. The Labute approximate surface area is 146 Å². The van der Waals surface area contributed by atoms with E-state index >= 15 is 0 Å². The fourth-order valence-electron chi connectivity index (χ4n) is 3.09. The van der Waals surface area contributed by atoms with Gasteiger partial charge in [0.2, 0.25) is 5.28 Å². The van der Waals surface area contributed by atoms with Gasteiger partial charge in [-0.05, 0) is 54.3 Å². The van der Waals surface area contributed by atoms with Gasteiger partial charge in [-0.1, -0.05) is 28.1 Å². The zero-order chi connectivity index (χ0) is 16.0. The van der Waals surface area contributed by atoms with E-state index in [1.54, 1.807) is 12.1 Å². The summed E-state index contributed by atoms with van der Waals surface area (Å²) in [7, 11) is 0. The van der Waals surface area contributed by atoms with E-state index in [9.17, 15) is 4.39 Å². The largest absolute Gasteiger partial charge is 0.325 e. The topological polar surface area (TPSA) is 29.0 Å². The van der Waals surface area contributed by atoms with E-state index in [2.05, 4.69) is 25.9 Å². The maximum atomic E-state index is 14.4. The Morgan fingerprint density at radius 1 is 1.13 bits per heavy atom. The number of rotatable bonds is 1. The first-order chi connectivity index (χ1) is 11.1. The van der Waals surface area contributed by atoms with Gasteiger partial charge >= 0.3 is 0 Å². The number of fused-ring (bicyclic) bond motifs is 2. The molecule has 0 aliphatic carbocycles. The lowest BCUT2D eigenvalue weighted by atomic mass is 10.0. The van der Waals surface area contributed by atoms with Crippen molar-refractivity contribution in [2.45, 2.75) is 12.8 Å². The van der Waals surface area contributed by atoms with Crippen LogP contribution in [0.5, 0.6) is 0 Å². The first-order valence-electron chi connectivity index (χ1n) is 7.32. The van der Waals surface area contributed by atoms with Crippen LogP contribution in [0.2, 0.25) is 5.28 Å². The SMILES string of the molecule is Fc1cccc2nc(Cl)nc(N3CCCc4c(Br)cccc43)c12. The summed E-state index contributed by atoms with van der Waals surface area (Å²) in [4.78, 5) is 10.5. The molecule has 4 rings (SSSR count). The van der Waals surface area contributed by atoms with Gasteiger partial charge in [0.25, 0.3) is 0 Å². The van der Waals surface area contributed by atoms with Crippen LogP contribution < -0.4 is 4.90 Å². The zero-order valence-corrected chi connectivity index (χ0v) is 14.4. The van der Waals surface area contributed by atoms with E-state index in [1.807, 2.05) is 23.1 Å². The molecule has 23 heavy (non-hydrogen) atoms. The molecule has 0 radical (unpaired) electrons. The second-order valence-electron chi connectivity index (χ2n) is 5.44. The third kappa shape index (κ3) is 2.48. The van der Waals surface area contributed by atoms with Crippen molar-refractivity contribution in [1.29, 1.82) is 0 Å². The molecule has 0 saturated heterocycles. The van der Waals surface area contributed by atoms with Gasteiger partial charge in [-0.15, -0.1) is 0 Å². The average molecular weight is 393 g/mol. The highest BCUT2D eigenvalue weighted by Gasteiger charge is 2.24. The van der Waals surface area contributed by atoms with Gasteiger partial charge in [-0.3, -0.25) is 0 Å². The molecule has 0 bridgehead atoms. The predicted molar refractivity (Wildman–Crippen MR) is 94.0 cm³/mol. The molecular weight excluding hydrogens is 381 g/mol. The highest BCUT2D eigenvalue weighted by Crippen LogP contribution is 2.39. The van der Waals surface area contributed by atoms with E-state index in [0.29, 0.717) is 16.7 Å². The Morgan fingerprint density at radius 3 is 2.83 bits per heavy atom. The van der Waals surface area contributed by atoms with Crippen molar-refractivity contribution in [1.82, 2.24) is 9.97 Å². The number of aromatic nitrogens is 2. The molecule has 0 fully saturated rings. The molecule has 0 amide bonds. The van der Waals surface area contributed by atoms with E-state index < -0.39 is 0 Å². The van der Waals surface area contributed by atoms with Gasteiger partial charge in [-0.25, -0.2) is 9.37 Å². The van der Waals surface area contributed by atoms with Crippen LogP contribution in [-0.4, -0.2) is 16.5 Å². The first kappa shape index (κ1) is 14.8. The Morgan fingerprint density at radius 2 is 1.96 bits per heavy atom. The summed E-state index contributed by atoms with van der Waals surface area (Å²) < 4.78 is 15.5. The predicted octanol–water partition coefficient (Wildman–Crippen LogP) is 5.27. The zero-order valence-electron chi connectivity index (χ0n) is 12.1. The smallest absolute Gasteiger partial charge is 0.224 e. The lowest BCUT2D eigenvalue weighted by Crippen LogP contribution is -2.26. The van der Waals surface area contributed by atoms with Crippen LogP contribution in [0, 0.1) is 5.82 Å². The van der Waals surface area contributed by atoms with Crippen LogP contribution in [0.25, 0.3) is 10.9 Å². The summed E-state index contributed by atoms with van der Waals surface area (Å²) in [5.74, 6) is 0.188. The quantitative estimate of drug-likeness (QED) is 0.528. The van der Waals surface area contributed by atoms with Crippen molar-refractivity contribution in [3.63, 3.8) is 0 Å². The molecule has 0 saturated carbocycles. The lowest BCUT2D eigenvalue weighted by molar-refractivity contribution is 0.638. The first-order valence-corrected chi connectivity index (χ1v) is 8.49. The van der Waals surface area contributed by atoms with E-state index in [1.165, 1.54) is 11.6 Å². The molecule has 1 aliphatic rings. The van der Waals surface area contributed by atoms with Crippen LogP contribution in [0.4, 0.5) is 15.9 Å². The molecule has 0 atom stereocenters. The molecule has 116 valence electrons. The third-order valence-electron chi connectivity index (χ3n) is 4.08. The molecule has 2 aromatic carbocycles. The van der Waals surface area contributed by atoms with E-state index in [-0.39, 0.29) is 11.1 Å². The van der Waals surface area contributed by atoms with Crippen LogP contribution >= 0.6 is 27.5 Å². The monoisotopic (exact) mass is 391 g/mol. The molecule has 0 spiro atoms. The second-order valence-corrected chi connectivity index (χ2v) is 6.64. The molecule has 0 N–H and O–H groups in total. The summed E-state index contributed by atoms with van der Waals surface area (Å²) in [6.07, 6.45) is 1.94. The summed E-state index contributed by atoms with van der Waals surface area (Å²) in [5, 5.41) is 0.532. The minimum absolute atomic E-state index is 0.125. The molecule has 1 aromatic heterocycles. The van der Waals surface area contributed by atoms with Crippen molar-refractivity contribution in [2.24, 2.45) is 0 Å². The van der Waals surface area contributed by atoms with Crippen molar-refractivity contribution in [3.8, 4) is 0 Å². The number of halogens is 3. The van der Waals surface area contributed by atoms with Gasteiger partial charge < -0.3 is 4.90 Å². The average Bonchev–Trinajstić information content (AvgIpc) is 2.54. The van der Waals surface area contributed by atoms with Crippen LogP contribution in [-0.2, 0) is 6.42 Å². The van der Waals surface area contributed by atoms with Gasteiger partial charge in [0.15, 0.2) is 0 Å². The van der Waals surface area contributed by atoms with Crippen LogP contribution in [0.15, 0.2) is 40.9 Å². The number of benzene rings is 2. The van der Waals surface area contributed by atoms with E-state index in [0.717, 1.165) is 29.5 Å². The van der Waals surface area contributed by atoms with Gasteiger partial charge in [0.1, 0.15) is 11.6 Å². The minimum atomic E-state index is -0.337. The van der Waals surface area contributed by atoms with Crippen LogP contribution in [0.1, 0.15) is 12.0 Å². The Kier molecular flexibility index (Phi) is 3.70. The van der Waals surface area contributed by atoms with Crippen LogP contribution in [0.3, 0.4) is 0 Å². The Hall–Kier alpha value is -1.72. The van der Waals surface area contributed by atoms with Crippen molar-refractivity contribution in [2.75, 3.05) is 11.4 Å².